The van der Waals surface area contributed by atoms with Crippen LogP contribution in [-0.2, 0) is 9.59 Å². The summed E-state index contributed by atoms with van der Waals surface area (Å²) in [5, 5.41) is 18.8. The first-order valence-corrected chi connectivity index (χ1v) is 7.05. The Kier molecular flexibility index (Phi) is 3.70. The van der Waals surface area contributed by atoms with E-state index in [4.69, 9.17) is 0 Å². The minimum absolute atomic E-state index is 0.0895. The molecule has 0 aliphatic heterocycles. The minimum Gasteiger partial charge on any atom is -0.508 e. The van der Waals surface area contributed by atoms with Crippen molar-refractivity contribution in [3.63, 3.8) is 0 Å². The number of carbonyl (C=O) groups is 2. The van der Waals surface area contributed by atoms with Crippen LogP contribution in [0.3, 0.4) is 0 Å². The fourth-order valence-corrected chi connectivity index (χ4v) is 3.06. The van der Waals surface area contributed by atoms with Crippen molar-refractivity contribution in [1.82, 2.24) is 0 Å². The van der Waals surface area contributed by atoms with E-state index in [1.807, 2.05) is 13.8 Å². The van der Waals surface area contributed by atoms with Gasteiger partial charge in [-0.1, -0.05) is 19.9 Å². The van der Waals surface area contributed by atoms with E-state index >= 15 is 0 Å². The lowest BCUT2D eigenvalue weighted by atomic mass is 10.1. The number of aliphatic carboxylic acids is 1. The number of carboxylic acid groups (broad SMARTS) is 1. The number of carbonyl (C=O) groups excluding carboxylic acids is 1. The van der Waals surface area contributed by atoms with Gasteiger partial charge in [0.2, 0.25) is 5.91 Å². The van der Waals surface area contributed by atoms with Crippen LogP contribution >= 0.6 is 0 Å². The Morgan fingerprint density at radius 3 is 2.38 bits per heavy atom. The Hall–Kier alpha value is -2.04. The van der Waals surface area contributed by atoms with Crippen LogP contribution in [-0.4, -0.2) is 28.6 Å². The second-order valence-corrected chi connectivity index (χ2v) is 6.17. The normalized spacial score (nSPS) is 22.7. The first-order valence-electron chi connectivity index (χ1n) is 7.05. The molecule has 0 radical (unpaired) electrons. The highest BCUT2D eigenvalue weighted by atomic mass is 16.4. The molecule has 1 aliphatic carbocycles. The standard InChI is InChI=1S/C16H21NO4/c1-5-17(11-8-10(18)7-6-9(11)2)14(19)12-13(15(20)21)16(12,3)4/h6-8,12-13,18H,5H2,1-4H3,(H,20,21)/t12-,13+/m1/s1. The molecule has 0 unspecified atom stereocenters. The molecular weight excluding hydrogens is 270 g/mol. The maximum Gasteiger partial charge on any atom is 0.307 e. The van der Waals surface area contributed by atoms with Crippen LogP contribution in [0.15, 0.2) is 18.2 Å². The number of phenols is 1. The lowest BCUT2D eigenvalue weighted by molar-refractivity contribution is -0.140. The summed E-state index contributed by atoms with van der Waals surface area (Å²) >= 11 is 0. The van der Waals surface area contributed by atoms with Gasteiger partial charge in [0.1, 0.15) is 5.75 Å². The van der Waals surface area contributed by atoms with E-state index in [1.54, 1.807) is 36.9 Å². The summed E-state index contributed by atoms with van der Waals surface area (Å²) in [6.45, 7) is 7.74. The quantitative estimate of drug-likeness (QED) is 0.893. The molecule has 5 nitrogen and oxygen atoms in total. The van der Waals surface area contributed by atoms with Gasteiger partial charge in [0.25, 0.3) is 0 Å². The zero-order chi connectivity index (χ0) is 15.9. The molecule has 2 rings (SSSR count). The van der Waals surface area contributed by atoms with Crippen LogP contribution in [0.5, 0.6) is 5.75 Å². The van der Waals surface area contributed by atoms with Crippen LogP contribution in [0.2, 0.25) is 0 Å². The lowest BCUT2D eigenvalue weighted by Gasteiger charge is -2.24. The van der Waals surface area contributed by atoms with E-state index in [9.17, 15) is 19.8 Å². The third kappa shape index (κ3) is 2.48. The molecule has 1 saturated carbocycles. The molecule has 0 heterocycles. The average Bonchev–Trinajstić information content (AvgIpc) is 2.97. The number of hydrogen-bond donors (Lipinski definition) is 2. The highest BCUT2D eigenvalue weighted by Crippen LogP contribution is 2.59. The van der Waals surface area contributed by atoms with Crippen LogP contribution in [0.1, 0.15) is 26.3 Å². The minimum atomic E-state index is -0.929. The summed E-state index contributed by atoms with van der Waals surface area (Å²) in [5.74, 6) is -2.19. The molecule has 0 saturated heterocycles. The first kappa shape index (κ1) is 15.4. The number of phenolic OH excluding ortho intramolecular Hbond substituents is 1. The monoisotopic (exact) mass is 291 g/mol. The molecule has 21 heavy (non-hydrogen) atoms. The molecule has 2 atom stereocenters. The molecule has 114 valence electrons. The molecule has 1 amide bonds. The molecule has 2 N–H and O–H groups in total. The molecule has 1 aromatic carbocycles. The number of carboxylic acids is 1. The van der Waals surface area contributed by atoms with Crippen LogP contribution in [0.25, 0.3) is 0 Å². The van der Waals surface area contributed by atoms with E-state index in [0.29, 0.717) is 12.2 Å². The predicted molar refractivity (Wildman–Crippen MR) is 79.3 cm³/mol. The Morgan fingerprint density at radius 1 is 1.29 bits per heavy atom. The maximum atomic E-state index is 12.7. The molecule has 1 aromatic rings. The Morgan fingerprint density at radius 2 is 1.90 bits per heavy atom. The van der Waals surface area contributed by atoms with Crippen LogP contribution < -0.4 is 4.90 Å². The van der Waals surface area contributed by atoms with Gasteiger partial charge in [-0.3, -0.25) is 9.59 Å². The molecule has 0 aromatic heterocycles. The first-order chi connectivity index (χ1) is 9.71. The van der Waals surface area contributed by atoms with Crippen molar-refractivity contribution in [3.8, 4) is 5.75 Å². The number of nitrogens with zero attached hydrogens (tertiary/aromatic N) is 1. The Balaban J connectivity index is 2.33. The molecule has 0 spiro atoms. The van der Waals surface area contributed by atoms with Gasteiger partial charge in [0.05, 0.1) is 17.5 Å². The smallest absolute Gasteiger partial charge is 0.307 e. The largest absolute Gasteiger partial charge is 0.508 e. The molecule has 5 heteroatoms. The number of aryl methyl sites for hydroxylation is 1. The highest BCUT2D eigenvalue weighted by Gasteiger charge is 2.66. The van der Waals surface area contributed by atoms with E-state index in [-0.39, 0.29) is 11.7 Å². The van der Waals surface area contributed by atoms with Crippen LogP contribution in [0, 0.1) is 24.2 Å². The highest BCUT2D eigenvalue weighted by molar-refractivity contribution is 6.02. The summed E-state index contributed by atoms with van der Waals surface area (Å²) in [7, 11) is 0. The number of aromatic hydroxyl groups is 1. The van der Waals surface area contributed by atoms with Gasteiger partial charge in [-0.05, 0) is 30.9 Å². The van der Waals surface area contributed by atoms with Gasteiger partial charge in [0, 0.05) is 12.6 Å². The number of amides is 1. The van der Waals surface area contributed by atoms with Gasteiger partial charge in [-0.15, -0.1) is 0 Å². The van der Waals surface area contributed by atoms with E-state index < -0.39 is 23.2 Å². The van der Waals surface area contributed by atoms with Crippen molar-refractivity contribution in [2.24, 2.45) is 17.3 Å². The number of benzene rings is 1. The number of rotatable bonds is 4. The third-order valence-electron chi connectivity index (χ3n) is 4.43. The summed E-state index contributed by atoms with van der Waals surface area (Å²) in [6.07, 6.45) is 0. The zero-order valence-corrected chi connectivity index (χ0v) is 12.8. The molecule has 1 fully saturated rings. The topological polar surface area (TPSA) is 77.8 Å². The molecule has 0 bridgehead atoms. The predicted octanol–water partition coefficient (Wildman–Crippen LogP) is 2.41. The SMILES string of the molecule is CCN(C(=O)[C@H]1[C@@H](C(=O)O)C1(C)C)c1cc(O)ccc1C. The van der Waals surface area contributed by atoms with Crippen molar-refractivity contribution in [2.75, 3.05) is 11.4 Å². The number of anilines is 1. The summed E-state index contributed by atoms with van der Waals surface area (Å²) in [4.78, 5) is 25.5. The number of hydrogen-bond acceptors (Lipinski definition) is 3. The van der Waals surface area contributed by atoms with Crippen molar-refractivity contribution in [1.29, 1.82) is 0 Å². The van der Waals surface area contributed by atoms with E-state index in [1.165, 1.54) is 0 Å². The van der Waals surface area contributed by atoms with E-state index in [2.05, 4.69) is 0 Å². The van der Waals surface area contributed by atoms with Crippen molar-refractivity contribution in [3.05, 3.63) is 23.8 Å². The van der Waals surface area contributed by atoms with Gasteiger partial charge in [-0.2, -0.15) is 0 Å². The third-order valence-corrected chi connectivity index (χ3v) is 4.43. The fraction of sp³-hybridized carbons (Fsp3) is 0.500. The Labute approximate surface area is 124 Å². The summed E-state index contributed by atoms with van der Waals surface area (Å²) in [5.41, 5.74) is 0.976. The second kappa shape index (κ2) is 5.06. The lowest BCUT2D eigenvalue weighted by Crippen LogP contribution is -2.34. The van der Waals surface area contributed by atoms with Gasteiger partial charge < -0.3 is 15.1 Å². The molecule has 1 aliphatic rings. The van der Waals surface area contributed by atoms with Gasteiger partial charge in [0.15, 0.2) is 0 Å². The maximum absolute atomic E-state index is 12.7. The van der Waals surface area contributed by atoms with Gasteiger partial charge >= 0.3 is 5.97 Å². The summed E-state index contributed by atoms with van der Waals surface area (Å²) in [6, 6.07) is 4.85. The van der Waals surface area contributed by atoms with Crippen molar-refractivity contribution >= 4 is 17.6 Å². The van der Waals surface area contributed by atoms with Crippen molar-refractivity contribution < 1.29 is 19.8 Å². The average molecular weight is 291 g/mol. The van der Waals surface area contributed by atoms with Crippen molar-refractivity contribution in [2.45, 2.75) is 27.7 Å². The zero-order valence-electron chi connectivity index (χ0n) is 12.8. The summed E-state index contributed by atoms with van der Waals surface area (Å²) < 4.78 is 0. The Bertz CT molecular complexity index is 594. The fourth-order valence-electron chi connectivity index (χ4n) is 3.06. The van der Waals surface area contributed by atoms with Gasteiger partial charge in [-0.25, -0.2) is 0 Å². The van der Waals surface area contributed by atoms with Crippen LogP contribution in [0.4, 0.5) is 5.69 Å². The molecular formula is C16H21NO4. The second-order valence-electron chi connectivity index (χ2n) is 6.17. The van der Waals surface area contributed by atoms with E-state index in [0.717, 1.165) is 5.56 Å².